The highest BCUT2D eigenvalue weighted by atomic mass is 31.2. The van der Waals surface area contributed by atoms with Gasteiger partial charge in [-0.3, -0.25) is 4.57 Å². The molecule has 0 rings (SSSR count). The number of hydrogen-bond donors (Lipinski definition) is 0. The highest BCUT2D eigenvalue weighted by Gasteiger charge is 2.35. The minimum Gasteiger partial charge on any atom is -0.307 e. The molecule has 0 aromatic heterocycles. The van der Waals surface area contributed by atoms with Gasteiger partial charge in [0.2, 0.25) is 5.91 Å². The molecule has 5 heteroatoms. The molecule has 0 aliphatic heterocycles. The van der Waals surface area contributed by atoms with Crippen molar-refractivity contribution in [3.05, 3.63) is 11.6 Å². The Morgan fingerprint density at radius 3 is 2.15 bits per heavy atom. The SMILES string of the molecule is CCOP(=O)(OCC)C(F)CC[C@@H](C)CCC=C(C)C. The van der Waals surface area contributed by atoms with Gasteiger partial charge < -0.3 is 9.05 Å². The van der Waals surface area contributed by atoms with Crippen molar-refractivity contribution in [2.75, 3.05) is 13.2 Å². The first kappa shape index (κ1) is 19.8. The molecule has 0 aromatic carbocycles. The molecular weight excluding hydrogens is 278 g/mol. The predicted octanol–water partition coefficient (Wildman–Crippen LogP) is 5.71. The zero-order valence-corrected chi connectivity index (χ0v) is 14.4. The Morgan fingerprint density at radius 2 is 1.70 bits per heavy atom. The summed E-state index contributed by atoms with van der Waals surface area (Å²) < 4.78 is 36.4. The van der Waals surface area contributed by atoms with Crippen LogP contribution in [0.1, 0.15) is 60.3 Å². The average Bonchev–Trinajstić information content (AvgIpc) is 2.36. The summed E-state index contributed by atoms with van der Waals surface area (Å²) in [6.45, 7) is 10.0. The molecule has 0 heterocycles. The Hall–Kier alpha value is -0.180. The Balaban J connectivity index is 4.20. The van der Waals surface area contributed by atoms with Gasteiger partial charge in [-0.15, -0.1) is 0 Å². The molecule has 0 bridgehead atoms. The highest BCUT2D eigenvalue weighted by Crippen LogP contribution is 2.55. The summed E-state index contributed by atoms with van der Waals surface area (Å²) in [7, 11) is -3.59. The van der Waals surface area contributed by atoms with Crippen molar-refractivity contribution >= 4 is 7.60 Å². The number of rotatable bonds is 11. The van der Waals surface area contributed by atoms with Crippen LogP contribution in [0.2, 0.25) is 0 Å². The maximum atomic E-state index is 14.1. The molecular formula is C15H30FO3P. The molecule has 0 radical (unpaired) electrons. The van der Waals surface area contributed by atoms with Crippen molar-refractivity contribution in [2.45, 2.75) is 66.2 Å². The quantitative estimate of drug-likeness (QED) is 0.362. The van der Waals surface area contributed by atoms with E-state index in [9.17, 15) is 8.96 Å². The second-order valence-electron chi connectivity index (χ2n) is 5.35. The van der Waals surface area contributed by atoms with Crippen molar-refractivity contribution in [1.29, 1.82) is 0 Å². The molecule has 0 aliphatic rings. The monoisotopic (exact) mass is 308 g/mol. The van der Waals surface area contributed by atoms with Crippen LogP contribution in [0, 0.1) is 5.92 Å². The third-order valence-electron chi connectivity index (χ3n) is 3.07. The first-order chi connectivity index (χ1) is 9.35. The molecule has 120 valence electrons. The van der Waals surface area contributed by atoms with E-state index in [-0.39, 0.29) is 19.6 Å². The largest absolute Gasteiger partial charge is 0.364 e. The van der Waals surface area contributed by atoms with E-state index < -0.39 is 13.5 Å². The van der Waals surface area contributed by atoms with Gasteiger partial charge in [-0.05, 0) is 59.3 Å². The third-order valence-corrected chi connectivity index (χ3v) is 5.25. The van der Waals surface area contributed by atoms with Gasteiger partial charge in [-0.25, -0.2) is 4.39 Å². The van der Waals surface area contributed by atoms with Crippen LogP contribution in [0.5, 0.6) is 0 Å². The smallest absolute Gasteiger partial charge is 0.307 e. The van der Waals surface area contributed by atoms with E-state index in [0.717, 1.165) is 12.8 Å². The maximum Gasteiger partial charge on any atom is 0.364 e. The van der Waals surface area contributed by atoms with E-state index in [1.165, 1.54) is 5.57 Å². The number of allylic oxidation sites excluding steroid dienone is 2. The summed E-state index contributed by atoms with van der Waals surface area (Å²) in [5, 5.41) is 0. The van der Waals surface area contributed by atoms with Crippen LogP contribution in [0.4, 0.5) is 4.39 Å². The fourth-order valence-corrected chi connectivity index (χ4v) is 3.52. The van der Waals surface area contributed by atoms with Gasteiger partial charge in [0, 0.05) is 0 Å². The molecule has 2 atom stereocenters. The van der Waals surface area contributed by atoms with Crippen molar-refractivity contribution in [1.82, 2.24) is 0 Å². The summed E-state index contributed by atoms with van der Waals surface area (Å²) >= 11 is 0. The normalized spacial score (nSPS) is 14.9. The molecule has 0 saturated carbocycles. The topological polar surface area (TPSA) is 35.5 Å². The maximum absolute atomic E-state index is 14.1. The van der Waals surface area contributed by atoms with E-state index in [2.05, 4.69) is 26.8 Å². The van der Waals surface area contributed by atoms with Gasteiger partial charge in [0.1, 0.15) is 0 Å². The molecule has 0 fully saturated rings. The van der Waals surface area contributed by atoms with Crippen LogP contribution < -0.4 is 0 Å². The van der Waals surface area contributed by atoms with E-state index in [4.69, 9.17) is 9.05 Å². The van der Waals surface area contributed by atoms with Crippen LogP contribution in [-0.4, -0.2) is 19.1 Å². The molecule has 0 aliphatic carbocycles. The standard InChI is InChI=1S/C15H30FO3P/c1-6-18-20(17,19-7-2)15(16)12-11-14(5)10-8-9-13(3)4/h9,14-15H,6-8,10-12H2,1-5H3/t14-,15?/m0/s1. The van der Waals surface area contributed by atoms with Crippen LogP contribution in [0.15, 0.2) is 11.6 Å². The Kier molecular flexibility index (Phi) is 10.4. The van der Waals surface area contributed by atoms with E-state index >= 15 is 0 Å². The molecule has 0 spiro atoms. The summed E-state index contributed by atoms with van der Waals surface area (Å²) in [5.41, 5.74) is 1.30. The lowest BCUT2D eigenvalue weighted by molar-refractivity contribution is 0.184. The summed E-state index contributed by atoms with van der Waals surface area (Å²) in [4.78, 5) is 0. The second-order valence-corrected chi connectivity index (χ2v) is 7.51. The van der Waals surface area contributed by atoms with Crippen LogP contribution >= 0.6 is 7.60 Å². The predicted molar refractivity (Wildman–Crippen MR) is 82.8 cm³/mol. The molecule has 0 N–H and O–H groups in total. The van der Waals surface area contributed by atoms with Crippen molar-refractivity contribution < 1.29 is 18.0 Å². The Labute approximate surface area is 123 Å². The minimum absolute atomic E-state index is 0.202. The molecule has 0 saturated heterocycles. The number of hydrogen-bond acceptors (Lipinski definition) is 3. The van der Waals surface area contributed by atoms with Gasteiger partial charge in [-0.1, -0.05) is 18.6 Å². The second kappa shape index (κ2) is 10.5. The summed E-state index contributed by atoms with van der Waals surface area (Å²) in [6, 6.07) is 0. The first-order valence-corrected chi connectivity index (χ1v) is 9.13. The van der Waals surface area contributed by atoms with Crippen LogP contribution in [-0.2, 0) is 13.6 Å². The Bertz CT molecular complexity index is 317. The van der Waals surface area contributed by atoms with Gasteiger partial charge in [0.25, 0.3) is 0 Å². The van der Waals surface area contributed by atoms with Gasteiger partial charge in [0.15, 0.2) is 0 Å². The van der Waals surface area contributed by atoms with Crippen molar-refractivity contribution in [3.8, 4) is 0 Å². The third kappa shape index (κ3) is 8.18. The Morgan fingerprint density at radius 1 is 1.15 bits per heavy atom. The van der Waals surface area contributed by atoms with Gasteiger partial charge in [-0.2, -0.15) is 0 Å². The lowest BCUT2D eigenvalue weighted by atomic mass is 9.99. The summed E-state index contributed by atoms with van der Waals surface area (Å²) in [5.74, 6) is -1.12. The highest BCUT2D eigenvalue weighted by molar-refractivity contribution is 7.54. The molecule has 3 nitrogen and oxygen atoms in total. The molecule has 0 aromatic rings. The zero-order valence-electron chi connectivity index (χ0n) is 13.5. The lowest BCUT2D eigenvalue weighted by Crippen LogP contribution is -2.10. The molecule has 1 unspecified atom stereocenters. The van der Waals surface area contributed by atoms with E-state index in [1.54, 1.807) is 13.8 Å². The first-order valence-electron chi connectivity index (χ1n) is 7.51. The fraction of sp³-hybridized carbons (Fsp3) is 0.867. The molecule has 0 amide bonds. The minimum atomic E-state index is -3.59. The number of alkyl halides is 1. The molecule has 20 heavy (non-hydrogen) atoms. The fourth-order valence-electron chi connectivity index (χ4n) is 1.94. The lowest BCUT2D eigenvalue weighted by Gasteiger charge is -2.21. The van der Waals surface area contributed by atoms with Gasteiger partial charge in [0.05, 0.1) is 13.2 Å². The van der Waals surface area contributed by atoms with Crippen molar-refractivity contribution in [2.24, 2.45) is 5.92 Å². The van der Waals surface area contributed by atoms with Crippen LogP contribution in [0.3, 0.4) is 0 Å². The van der Waals surface area contributed by atoms with E-state index in [0.29, 0.717) is 12.3 Å². The van der Waals surface area contributed by atoms with Gasteiger partial charge >= 0.3 is 7.60 Å². The zero-order chi connectivity index (χ0) is 15.6. The van der Waals surface area contributed by atoms with Crippen LogP contribution in [0.25, 0.3) is 0 Å². The average molecular weight is 308 g/mol. The van der Waals surface area contributed by atoms with E-state index in [1.807, 2.05) is 0 Å². The van der Waals surface area contributed by atoms with Crippen molar-refractivity contribution in [3.63, 3.8) is 0 Å². The summed E-state index contributed by atoms with van der Waals surface area (Å²) in [6.07, 6.45) is 5.14. The number of halogens is 1.